The third-order valence-corrected chi connectivity index (χ3v) is 6.98. The number of thiazole rings is 1. The zero-order valence-electron chi connectivity index (χ0n) is 20.3. The number of carbonyl (C=O) groups excluding carboxylic acids is 1. The molecule has 0 saturated carbocycles. The van der Waals surface area contributed by atoms with Crippen molar-refractivity contribution in [1.29, 1.82) is 0 Å². The Morgan fingerprint density at radius 2 is 1.97 bits per heavy atom. The number of benzene rings is 1. The Morgan fingerprint density at radius 3 is 2.68 bits per heavy atom. The molecule has 37 heavy (non-hydrogen) atoms. The van der Waals surface area contributed by atoms with Gasteiger partial charge in [0.1, 0.15) is 5.82 Å². The second-order valence-electron chi connectivity index (χ2n) is 9.73. The van der Waals surface area contributed by atoms with Crippen molar-refractivity contribution in [3.8, 4) is 16.3 Å². The van der Waals surface area contributed by atoms with Gasteiger partial charge in [-0.2, -0.15) is 23.4 Å². The molecule has 13 heteroatoms. The number of carbonyl (C=O) groups is 1. The fourth-order valence-corrected chi connectivity index (χ4v) is 5.16. The van der Waals surface area contributed by atoms with Crippen LogP contribution in [0.3, 0.4) is 0 Å². The molecular formula is C24H25F3N8OS. The minimum Gasteiger partial charge on any atom is -0.384 e. The Morgan fingerprint density at radius 1 is 1.22 bits per heavy atom. The number of hydrogen-bond acceptors (Lipinski definition) is 6. The van der Waals surface area contributed by atoms with E-state index in [9.17, 15) is 18.0 Å². The van der Waals surface area contributed by atoms with Crippen LogP contribution in [0.1, 0.15) is 43.3 Å². The average Bonchev–Trinajstić information content (AvgIpc) is 3.54. The van der Waals surface area contributed by atoms with Crippen molar-refractivity contribution in [2.24, 2.45) is 0 Å². The summed E-state index contributed by atoms with van der Waals surface area (Å²) in [4.78, 5) is 17.6. The first kappa shape index (κ1) is 24.8. The van der Waals surface area contributed by atoms with Crippen LogP contribution in [0.25, 0.3) is 16.3 Å². The zero-order chi connectivity index (χ0) is 26.5. The highest BCUT2D eigenvalue weighted by atomic mass is 32.1. The highest BCUT2D eigenvalue weighted by Gasteiger charge is 2.36. The zero-order valence-corrected chi connectivity index (χ0v) is 21.2. The van der Waals surface area contributed by atoms with Gasteiger partial charge in [-0.3, -0.25) is 5.32 Å². The fourth-order valence-electron chi connectivity index (χ4n) is 4.12. The molecule has 0 radical (unpaired) electrons. The molecule has 0 spiro atoms. The Hall–Kier alpha value is -3.87. The van der Waals surface area contributed by atoms with Crippen molar-refractivity contribution >= 4 is 28.3 Å². The van der Waals surface area contributed by atoms with Gasteiger partial charge in [0.05, 0.1) is 46.0 Å². The summed E-state index contributed by atoms with van der Waals surface area (Å²) in [5, 5.41) is 14.5. The van der Waals surface area contributed by atoms with Gasteiger partial charge in [-0.05, 0) is 12.1 Å². The van der Waals surface area contributed by atoms with E-state index in [1.165, 1.54) is 28.2 Å². The summed E-state index contributed by atoms with van der Waals surface area (Å²) in [5.74, 6) is 0.517. The van der Waals surface area contributed by atoms with Crippen molar-refractivity contribution in [3.63, 3.8) is 0 Å². The van der Waals surface area contributed by atoms with Gasteiger partial charge in [0.2, 0.25) is 0 Å². The number of rotatable bonds is 5. The van der Waals surface area contributed by atoms with Gasteiger partial charge in [-0.1, -0.05) is 44.2 Å². The molecule has 2 amide bonds. The Bertz CT molecular complexity index is 1480. The molecule has 4 aromatic rings. The number of alkyl halides is 3. The second kappa shape index (κ2) is 8.91. The van der Waals surface area contributed by atoms with E-state index >= 15 is 0 Å². The molecule has 194 valence electrons. The molecule has 1 aliphatic carbocycles. The topological polar surface area (TPSA) is 116 Å². The van der Waals surface area contributed by atoms with Crippen LogP contribution < -0.4 is 16.4 Å². The molecular weight excluding hydrogens is 505 g/mol. The quantitative estimate of drug-likeness (QED) is 0.301. The number of aromatic nitrogens is 5. The second-order valence-corrected chi connectivity index (χ2v) is 10.7. The summed E-state index contributed by atoms with van der Waals surface area (Å²) in [6, 6.07) is 6.68. The molecule has 0 aliphatic heterocycles. The lowest BCUT2D eigenvalue weighted by molar-refractivity contribution is -0.137. The third-order valence-electron chi connectivity index (χ3n) is 5.96. The molecule has 0 unspecified atom stereocenters. The predicted molar refractivity (Wildman–Crippen MR) is 135 cm³/mol. The first-order chi connectivity index (χ1) is 17.4. The van der Waals surface area contributed by atoms with E-state index in [4.69, 9.17) is 5.73 Å². The van der Waals surface area contributed by atoms with Gasteiger partial charge in [-0.15, -0.1) is 0 Å². The maximum absolute atomic E-state index is 13.6. The SMILES string of the molecule is CC(C)(C)c1cc(N)n(CCNC(=O)Nc2nc3c(s2)-c2c(cnn2-c2ccccc2C(F)(F)F)C3)n1. The Labute approximate surface area is 214 Å². The number of halogens is 3. The number of urea groups is 1. The van der Waals surface area contributed by atoms with E-state index in [1.807, 2.05) is 26.8 Å². The number of hydrogen-bond donors (Lipinski definition) is 3. The molecule has 0 saturated heterocycles. The van der Waals surface area contributed by atoms with Crippen LogP contribution in [0.2, 0.25) is 0 Å². The molecule has 0 fully saturated rings. The number of nitrogens with two attached hydrogens (primary N) is 1. The number of nitrogens with zero attached hydrogens (tertiary/aromatic N) is 5. The number of nitrogens with one attached hydrogen (secondary N) is 2. The van der Waals surface area contributed by atoms with Crippen molar-refractivity contribution in [2.45, 2.75) is 45.3 Å². The van der Waals surface area contributed by atoms with Gasteiger partial charge < -0.3 is 11.1 Å². The summed E-state index contributed by atoms with van der Waals surface area (Å²) in [6.07, 6.45) is -2.54. The van der Waals surface area contributed by atoms with Crippen LogP contribution in [0.15, 0.2) is 36.5 Å². The fraction of sp³-hybridized carbons (Fsp3) is 0.333. The van der Waals surface area contributed by atoms with Gasteiger partial charge >= 0.3 is 12.2 Å². The lowest BCUT2D eigenvalue weighted by Crippen LogP contribution is -2.32. The number of anilines is 2. The van der Waals surface area contributed by atoms with E-state index in [1.54, 1.807) is 16.9 Å². The molecule has 1 aromatic carbocycles. The lowest BCUT2D eigenvalue weighted by Gasteiger charge is -2.14. The maximum Gasteiger partial charge on any atom is 0.418 e. The molecule has 4 N–H and O–H groups in total. The van der Waals surface area contributed by atoms with E-state index < -0.39 is 17.8 Å². The summed E-state index contributed by atoms with van der Waals surface area (Å²) in [6.45, 7) is 6.81. The maximum atomic E-state index is 13.6. The molecule has 9 nitrogen and oxygen atoms in total. The van der Waals surface area contributed by atoms with E-state index in [0.29, 0.717) is 40.2 Å². The van der Waals surface area contributed by atoms with Gasteiger partial charge in [0.15, 0.2) is 5.13 Å². The molecule has 1 aliphatic rings. The number of fused-ring (bicyclic) bond motifs is 3. The number of para-hydroxylation sites is 1. The van der Waals surface area contributed by atoms with Gasteiger partial charge in [0, 0.05) is 30.0 Å². The monoisotopic (exact) mass is 530 g/mol. The third kappa shape index (κ3) is 4.78. The molecule has 3 aromatic heterocycles. The number of amides is 2. The molecule has 5 rings (SSSR count). The molecule has 0 atom stereocenters. The predicted octanol–water partition coefficient (Wildman–Crippen LogP) is 4.82. The van der Waals surface area contributed by atoms with Gasteiger partial charge in [0.25, 0.3) is 0 Å². The molecule has 3 heterocycles. The van der Waals surface area contributed by atoms with Crippen molar-refractivity contribution in [1.82, 2.24) is 29.9 Å². The summed E-state index contributed by atoms with van der Waals surface area (Å²) in [7, 11) is 0. The smallest absolute Gasteiger partial charge is 0.384 e. The average molecular weight is 531 g/mol. The van der Waals surface area contributed by atoms with E-state index in [-0.39, 0.29) is 17.6 Å². The van der Waals surface area contributed by atoms with Crippen LogP contribution in [-0.2, 0) is 24.6 Å². The highest BCUT2D eigenvalue weighted by molar-refractivity contribution is 7.19. The normalized spacial score (nSPS) is 12.9. The van der Waals surface area contributed by atoms with E-state index in [2.05, 4.69) is 25.8 Å². The van der Waals surface area contributed by atoms with Crippen molar-refractivity contribution in [2.75, 3.05) is 17.6 Å². The minimum absolute atomic E-state index is 0.0581. The first-order valence-corrected chi connectivity index (χ1v) is 12.4. The summed E-state index contributed by atoms with van der Waals surface area (Å²) < 4.78 is 43.7. The minimum atomic E-state index is -4.52. The Balaban J connectivity index is 1.28. The van der Waals surface area contributed by atoms with Crippen LogP contribution in [0, 0.1) is 0 Å². The first-order valence-electron chi connectivity index (χ1n) is 11.5. The van der Waals surface area contributed by atoms with Crippen molar-refractivity contribution in [3.05, 3.63) is 59.0 Å². The number of nitrogen functional groups attached to an aromatic ring is 1. The highest BCUT2D eigenvalue weighted by Crippen LogP contribution is 2.44. The van der Waals surface area contributed by atoms with Crippen LogP contribution in [0.5, 0.6) is 0 Å². The van der Waals surface area contributed by atoms with Crippen molar-refractivity contribution < 1.29 is 18.0 Å². The standard InChI is InChI=1S/C24H25F3N8OS/c1-23(2,3)17-11-18(28)34(33-17)9-8-29-21(36)32-22-31-15-10-13-12-30-35(19(13)20(15)37-22)16-7-5-4-6-14(16)24(25,26)27/h4-7,11-12H,8-10,28H2,1-3H3,(H2,29,31,32,36). The largest absolute Gasteiger partial charge is 0.418 e. The molecule has 0 bridgehead atoms. The Kier molecular flexibility index (Phi) is 5.97. The van der Waals surface area contributed by atoms with Crippen LogP contribution >= 0.6 is 11.3 Å². The lowest BCUT2D eigenvalue weighted by atomic mass is 9.92. The summed E-state index contributed by atoms with van der Waals surface area (Å²) in [5.41, 5.74) is 7.95. The van der Waals surface area contributed by atoms with E-state index in [0.717, 1.165) is 17.3 Å². The van der Waals surface area contributed by atoms with Crippen LogP contribution in [-0.4, -0.2) is 37.1 Å². The van der Waals surface area contributed by atoms with Crippen LogP contribution in [0.4, 0.5) is 28.9 Å². The van der Waals surface area contributed by atoms with Gasteiger partial charge in [-0.25, -0.2) is 19.1 Å². The summed E-state index contributed by atoms with van der Waals surface area (Å²) >= 11 is 1.20.